The number of amides is 1. The van der Waals surface area contributed by atoms with Crippen LogP contribution in [0.25, 0.3) is 11.4 Å². The fraction of sp³-hybridized carbons (Fsp3) is 0.259. The van der Waals surface area contributed by atoms with Crippen molar-refractivity contribution in [1.29, 1.82) is 0 Å². The van der Waals surface area contributed by atoms with Crippen molar-refractivity contribution < 1.29 is 4.79 Å². The number of benzene rings is 2. The molecule has 2 aromatic heterocycles. The molecule has 0 spiro atoms. The van der Waals surface area contributed by atoms with Crippen LogP contribution in [0.2, 0.25) is 0 Å². The molecule has 1 fully saturated rings. The average molecular weight is 485 g/mol. The molecule has 1 amide bonds. The van der Waals surface area contributed by atoms with Gasteiger partial charge in [0.25, 0.3) is 0 Å². The van der Waals surface area contributed by atoms with Gasteiger partial charge in [-0.2, -0.15) is 0 Å². The Balaban J connectivity index is 1.30. The molecule has 8 heteroatoms. The molecule has 4 aromatic rings. The van der Waals surface area contributed by atoms with E-state index in [-0.39, 0.29) is 11.2 Å². The topological polar surface area (TPSA) is 67.2 Å². The lowest BCUT2D eigenvalue weighted by molar-refractivity contribution is -0.130. The second kappa shape index (κ2) is 10.7. The first-order chi connectivity index (χ1) is 17.2. The molecule has 2 aromatic carbocycles. The molecule has 1 saturated heterocycles. The number of pyridine rings is 1. The number of nitrogens with zero attached hydrogens (tertiary/aromatic N) is 6. The third-order valence-corrected chi connectivity index (χ3v) is 7.25. The Morgan fingerprint density at radius 3 is 2.23 bits per heavy atom. The molecule has 178 valence electrons. The molecule has 7 nitrogen and oxygen atoms in total. The number of piperazine rings is 1. The van der Waals surface area contributed by atoms with E-state index in [2.05, 4.69) is 61.0 Å². The number of hydrogen-bond donors (Lipinski definition) is 0. The molecule has 1 atom stereocenters. The second-order valence-corrected chi connectivity index (χ2v) is 9.83. The van der Waals surface area contributed by atoms with Gasteiger partial charge in [0.05, 0.1) is 11.8 Å². The molecule has 35 heavy (non-hydrogen) atoms. The van der Waals surface area contributed by atoms with Gasteiger partial charge in [0.1, 0.15) is 0 Å². The molecular formula is C27H28N6OS. The Morgan fingerprint density at radius 1 is 0.886 bits per heavy atom. The van der Waals surface area contributed by atoms with E-state index in [1.807, 2.05) is 48.2 Å². The largest absolute Gasteiger partial charge is 0.368 e. The molecule has 0 saturated carbocycles. The predicted molar refractivity (Wildman–Crippen MR) is 139 cm³/mol. The lowest BCUT2D eigenvalue weighted by atomic mass is 10.2. The zero-order chi connectivity index (χ0) is 24.0. The number of aromatic nitrogens is 4. The van der Waals surface area contributed by atoms with Crippen LogP contribution in [-0.4, -0.2) is 62.0 Å². The number of rotatable bonds is 7. The second-order valence-electron chi connectivity index (χ2n) is 8.52. The Bertz CT molecular complexity index is 1240. The zero-order valence-electron chi connectivity index (χ0n) is 19.7. The number of anilines is 1. The highest BCUT2D eigenvalue weighted by atomic mass is 32.2. The van der Waals surface area contributed by atoms with E-state index in [4.69, 9.17) is 0 Å². The summed E-state index contributed by atoms with van der Waals surface area (Å²) in [6.45, 7) is 5.71. The van der Waals surface area contributed by atoms with Gasteiger partial charge in [0, 0.05) is 49.8 Å². The van der Waals surface area contributed by atoms with Gasteiger partial charge in [-0.3, -0.25) is 14.3 Å². The van der Waals surface area contributed by atoms with Gasteiger partial charge in [-0.25, -0.2) is 0 Å². The predicted octanol–water partition coefficient (Wildman–Crippen LogP) is 4.22. The highest BCUT2D eigenvalue weighted by molar-refractivity contribution is 8.00. The van der Waals surface area contributed by atoms with Crippen LogP contribution in [0.15, 0.2) is 90.3 Å². The minimum atomic E-state index is -0.262. The van der Waals surface area contributed by atoms with Gasteiger partial charge in [-0.15, -0.1) is 10.2 Å². The standard InChI is InChI=1S/C27H28N6OS/c1-21(26(34)32-18-16-31(17-19-32)24-10-6-3-7-11-24)35-27-30-29-25(23-12-14-28-15-13-23)33(27)20-22-8-4-2-5-9-22/h2-15,21H,16-20H2,1H3/t21-/m0/s1. The Hall–Kier alpha value is -3.65. The van der Waals surface area contributed by atoms with Crippen LogP contribution in [0, 0.1) is 0 Å². The highest BCUT2D eigenvalue weighted by Gasteiger charge is 2.27. The summed E-state index contributed by atoms with van der Waals surface area (Å²) in [4.78, 5) is 21.7. The zero-order valence-corrected chi connectivity index (χ0v) is 20.5. The van der Waals surface area contributed by atoms with Crippen LogP contribution < -0.4 is 4.90 Å². The summed E-state index contributed by atoms with van der Waals surface area (Å²) in [6.07, 6.45) is 3.51. The molecule has 5 rings (SSSR count). The molecule has 0 radical (unpaired) electrons. The summed E-state index contributed by atoms with van der Waals surface area (Å²) in [7, 11) is 0. The number of thioether (sulfide) groups is 1. The minimum Gasteiger partial charge on any atom is -0.368 e. The average Bonchev–Trinajstić information content (AvgIpc) is 3.31. The fourth-order valence-corrected chi connectivity index (χ4v) is 5.22. The van der Waals surface area contributed by atoms with Gasteiger partial charge >= 0.3 is 0 Å². The van der Waals surface area contributed by atoms with Gasteiger partial charge in [-0.05, 0) is 36.8 Å². The summed E-state index contributed by atoms with van der Waals surface area (Å²) >= 11 is 1.47. The summed E-state index contributed by atoms with van der Waals surface area (Å²) in [5, 5.41) is 9.45. The van der Waals surface area contributed by atoms with Crippen molar-refractivity contribution in [2.45, 2.75) is 23.9 Å². The Kier molecular flexibility index (Phi) is 7.09. The van der Waals surface area contributed by atoms with Crippen molar-refractivity contribution in [3.63, 3.8) is 0 Å². The van der Waals surface area contributed by atoms with Crippen LogP contribution in [0.4, 0.5) is 5.69 Å². The monoisotopic (exact) mass is 484 g/mol. The van der Waals surface area contributed by atoms with Crippen LogP contribution in [0.3, 0.4) is 0 Å². The summed E-state index contributed by atoms with van der Waals surface area (Å²) in [5.41, 5.74) is 3.31. The van der Waals surface area contributed by atoms with Crippen LogP contribution >= 0.6 is 11.8 Å². The molecule has 1 aliphatic rings. The van der Waals surface area contributed by atoms with Crippen molar-refractivity contribution in [1.82, 2.24) is 24.6 Å². The third-order valence-electron chi connectivity index (χ3n) is 6.18. The number of para-hydroxylation sites is 1. The molecule has 3 heterocycles. The van der Waals surface area contributed by atoms with Crippen molar-refractivity contribution in [2.75, 3.05) is 31.1 Å². The highest BCUT2D eigenvalue weighted by Crippen LogP contribution is 2.29. The normalized spacial score (nSPS) is 14.7. The molecule has 0 bridgehead atoms. The van der Waals surface area contributed by atoms with Crippen LogP contribution in [0.5, 0.6) is 0 Å². The maximum atomic E-state index is 13.3. The number of hydrogen-bond acceptors (Lipinski definition) is 6. The smallest absolute Gasteiger partial charge is 0.236 e. The number of carbonyl (C=O) groups is 1. The van der Waals surface area contributed by atoms with Crippen molar-refractivity contribution in [2.24, 2.45) is 0 Å². The van der Waals surface area contributed by atoms with Crippen molar-refractivity contribution in [3.8, 4) is 11.4 Å². The Morgan fingerprint density at radius 2 is 1.54 bits per heavy atom. The van der Waals surface area contributed by atoms with Gasteiger partial charge in [0.15, 0.2) is 11.0 Å². The number of carbonyl (C=O) groups excluding carboxylic acids is 1. The van der Waals surface area contributed by atoms with E-state index in [0.29, 0.717) is 6.54 Å². The van der Waals surface area contributed by atoms with Crippen molar-refractivity contribution in [3.05, 3.63) is 90.8 Å². The fourth-order valence-electron chi connectivity index (χ4n) is 4.29. The van der Waals surface area contributed by atoms with E-state index < -0.39 is 0 Å². The maximum absolute atomic E-state index is 13.3. The van der Waals surface area contributed by atoms with Crippen LogP contribution in [-0.2, 0) is 11.3 Å². The molecule has 0 N–H and O–H groups in total. The first-order valence-electron chi connectivity index (χ1n) is 11.8. The lowest BCUT2D eigenvalue weighted by Gasteiger charge is -2.37. The van der Waals surface area contributed by atoms with E-state index >= 15 is 0 Å². The third kappa shape index (κ3) is 5.38. The molecule has 0 unspecified atom stereocenters. The molecule has 1 aliphatic heterocycles. The van der Waals surface area contributed by atoms with E-state index in [0.717, 1.165) is 48.3 Å². The van der Waals surface area contributed by atoms with E-state index in [1.165, 1.54) is 17.4 Å². The quantitative estimate of drug-likeness (QED) is 0.366. The first-order valence-corrected chi connectivity index (χ1v) is 12.7. The molecule has 0 aliphatic carbocycles. The lowest BCUT2D eigenvalue weighted by Crippen LogP contribution is -2.50. The van der Waals surface area contributed by atoms with Gasteiger partial charge < -0.3 is 9.80 Å². The van der Waals surface area contributed by atoms with Gasteiger partial charge in [-0.1, -0.05) is 60.3 Å². The first kappa shape index (κ1) is 23.1. The summed E-state index contributed by atoms with van der Waals surface area (Å²) < 4.78 is 2.09. The summed E-state index contributed by atoms with van der Waals surface area (Å²) in [6, 6.07) is 24.5. The maximum Gasteiger partial charge on any atom is 0.236 e. The Labute approximate surface area is 209 Å². The van der Waals surface area contributed by atoms with E-state index in [9.17, 15) is 4.79 Å². The van der Waals surface area contributed by atoms with Gasteiger partial charge in [0.2, 0.25) is 5.91 Å². The van der Waals surface area contributed by atoms with E-state index in [1.54, 1.807) is 12.4 Å². The van der Waals surface area contributed by atoms with Crippen LogP contribution in [0.1, 0.15) is 12.5 Å². The SMILES string of the molecule is C[C@H](Sc1nnc(-c2ccncc2)n1Cc1ccccc1)C(=O)N1CCN(c2ccccc2)CC1. The molecular weight excluding hydrogens is 456 g/mol. The van der Waals surface area contributed by atoms with Crippen molar-refractivity contribution >= 4 is 23.4 Å². The summed E-state index contributed by atoms with van der Waals surface area (Å²) in [5.74, 6) is 0.914. The minimum absolute atomic E-state index is 0.141.